The average Bonchev–Trinajstić information content (AvgIpc) is 2.71. The summed E-state index contributed by atoms with van der Waals surface area (Å²) in [7, 11) is 0. The number of fused-ring (bicyclic) bond motifs is 1. The van der Waals surface area contributed by atoms with Gasteiger partial charge in [-0.15, -0.1) is 11.3 Å². The van der Waals surface area contributed by atoms with Gasteiger partial charge >= 0.3 is 0 Å². The Hall–Kier alpha value is -1.66. The highest BCUT2D eigenvalue weighted by Gasteiger charge is 2.17. The molecule has 7 heteroatoms. The zero-order chi connectivity index (χ0) is 14.7. The lowest BCUT2D eigenvalue weighted by molar-refractivity contribution is -0.118. The molecule has 2 N–H and O–H groups in total. The normalized spacial score (nSPS) is 10.6. The van der Waals surface area contributed by atoms with Crippen molar-refractivity contribution in [1.82, 2.24) is 10.6 Å². The smallest absolute Gasteiger partial charge is 0.262 e. The third-order valence-corrected chi connectivity index (χ3v) is 4.24. The summed E-state index contributed by atoms with van der Waals surface area (Å²) >= 11 is 7.26. The van der Waals surface area contributed by atoms with E-state index in [1.807, 2.05) is 0 Å². The first-order chi connectivity index (χ1) is 9.49. The fourth-order valence-corrected chi connectivity index (χ4v) is 3.14. The van der Waals surface area contributed by atoms with Crippen LogP contribution in [-0.4, -0.2) is 24.9 Å². The monoisotopic (exact) mass is 314 g/mol. The van der Waals surface area contributed by atoms with Crippen LogP contribution in [0.2, 0.25) is 5.02 Å². The van der Waals surface area contributed by atoms with E-state index in [0.717, 1.165) is 11.3 Å². The molecule has 1 aromatic carbocycles. The maximum absolute atomic E-state index is 13.1. The predicted octanol–water partition coefficient (Wildman–Crippen LogP) is 2.56. The number of nitrogens with one attached hydrogen (secondary N) is 2. The Morgan fingerprint density at radius 2 is 2.00 bits per heavy atom. The maximum atomic E-state index is 13.1. The average molecular weight is 315 g/mol. The van der Waals surface area contributed by atoms with E-state index >= 15 is 0 Å². The van der Waals surface area contributed by atoms with Crippen LogP contribution < -0.4 is 10.6 Å². The lowest BCUT2D eigenvalue weighted by Gasteiger charge is -2.04. The lowest BCUT2D eigenvalue weighted by atomic mass is 10.2. The Kier molecular flexibility index (Phi) is 4.57. The predicted molar refractivity (Wildman–Crippen MR) is 77.8 cm³/mol. The van der Waals surface area contributed by atoms with E-state index in [9.17, 15) is 14.0 Å². The van der Waals surface area contributed by atoms with Gasteiger partial charge < -0.3 is 10.6 Å². The zero-order valence-electron chi connectivity index (χ0n) is 10.6. The molecule has 0 bridgehead atoms. The molecule has 20 heavy (non-hydrogen) atoms. The van der Waals surface area contributed by atoms with Crippen LogP contribution >= 0.6 is 22.9 Å². The Labute approximate surface area is 123 Å². The standard InChI is InChI=1S/C13H12ClFN2O2S/c1-7(18)16-4-5-17-13(19)12-11(14)9-3-2-8(15)6-10(9)20-12/h2-3,6H,4-5H2,1H3,(H,16,18)(H,17,19). The molecule has 0 aliphatic heterocycles. The molecular weight excluding hydrogens is 303 g/mol. The molecule has 0 aliphatic rings. The minimum Gasteiger partial charge on any atom is -0.355 e. The van der Waals surface area contributed by atoms with Gasteiger partial charge in [0.25, 0.3) is 5.91 Å². The van der Waals surface area contributed by atoms with E-state index < -0.39 is 0 Å². The molecule has 0 radical (unpaired) electrons. The SMILES string of the molecule is CC(=O)NCCNC(=O)c1sc2cc(F)ccc2c1Cl. The van der Waals surface area contributed by atoms with Crippen molar-refractivity contribution in [3.63, 3.8) is 0 Å². The van der Waals surface area contributed by atoms with Gasteiger partial charge in [0.1, 0.15) is 10.7 Å². The summed E-state index contributed by atoms with van der Waals surface area (Å²) in [5.74, 6) is -0.857. The molecule has 0 fully saturated rings. The van der Waals surface area contributed by atoms with E-state index in [0.29, 0.717) is 33.1 Å². The summed E-state index contributed by atoms with van der Waals surface area (Å²) in [4.78, 5) is 23.0. The number of hydrogen-bond donors (Lipinski definition) is 2. The number of benzene rings is 1. The molecule has 106 valence electrons. The van der Waals surface area contributed by atoms with Crippen LogP contribution in [0.15, 0.2) is 18.2 Å². The summed E-state index contributed by atoms with van der Waals surface area (Å²) in [6.45, 7) is 2.05. The summed E-state index contributed by atoms with van der Waals surface area (Å²) in [5.41, 5.74) is 0. The fourth-order valence-electron chi connectivity index (χ4n) is 1.68. The van der Waals surface area contributed by atoms with Gasteiger partial charge in [-0.25, -0.2) is 4.39 Å². The first-order valence-corrected chi connectivity index (χ1v) is 7.08. The maximum Gasteiger partial charge on any atom is 0.262 e. The van der Waals surface area contributed by atoms with Crippen LogP contribution in [0, 0.1) is 5.82 Å². The second-order valence-corrected chi connectivity index (χ2v) is 5.55. The van der Waals surface area contributed by atoms with Crippen molar-refractivity contribution in [3.8, 4) is 0 Å². The van der Waals surface area contributed by atoms with E-state index in [1.54, 1.807) is 6.07 Å². The Morgan fingerprint density at radius 3 is 2.70 bits per heavy atom. The van der Waals surface area contributed by atoms with Gasteiger partial charge in [-0.1, -0.05) is 11.6 Å². The van der Waals surface area contributed by atoms with Gasteiger partial charge in [0.2, 0.25) is 5.91 Å². The molecule has 0 spiro atoms. The van der Waals surface area contributed by atoms with Crippen LogP contribution in [0.4, 0.5) is 4.39 Å². The van der Waals surface area contributed by atoms with Crippen molar-refractivity contribution in [1.29, 1.82) is 0 Å². The lowest BCUT2D eigenvalue weighted by Crippen LogP contribution is -2.33. The fraction of sp³-hybridized carbons (Fsp3) is 0.231. The molecule has 1 aromatic heterocycles. The zero-order valence-corrected chi connectivity index (χ0v) is 12.2. The molecule has 0 saturated carbocycles. The van der Waals surface area contributed by atoms with Crippen molar-refractivity contribution >= 4 is 44.8 Å². The van der Waals surface area contributed by atoms with Gasteiger partial charge in [-0.3, -0.25) is 9.59 Å². The molecule has 0 saturated heterocycles. The van der Waals surface area contributed by atoms with Crippen LogP contribution in [0.25, 0.3) is 10.1 Å². The van der Waals surface area contributed by atoms with Crippen LogP contribution in [0.1, 0.15) is 16.6 Å². The largest absolute Gasteiger partial charge is 0.355 e. The number of amides is 2. The number of carbonyl (C=O) groups excluding carboxylic acids is 2. The van der Waals surface area contributed by atoms with E-state index in [-0.39, 0.29) is 17.6 Å². The van der Waals surface area contributed by atoms with Gasteiger partial charge in [0, 0.05) is 30.1 Å². The minimum absolute atomic E-state index is 0.158. The molecule has 1 heterocycles. The number of carbonyl (C=O) groups is 2. The number of thiophene rings is 1. The topological polar surface area (TPSA) is 58.2 Å². The minimum atomic E-state index is -0.368. The number of hydrogen-bond acceptors (Lipinski definition) is 3. The first-order valence-electron chi connectivity index (χ1n) is 5.89. The van der Waals surface area contributed by atoms with Gasteiger partial charge in [0.05, 0.1) is 5.02 Å². The highest BCUT2D eigenvalue weighted by molar-refractivity contribution is 7.21. The van der Waals surface area contributed by atoms with E-state index in [2.05, 4.69) is 10.6 Å². The summed E-state index contributed by atoms with van der Waals surface area (Å²) < 4.78 is 13.8. The van der Waals surface area contributed by atoms with Crippen molar-refractivity contribution in [2.24, 2.45) is 0 Å². The van der Waals surface area contributed by atoms with Gasteiger partial charge in [-0.05, 0) is 18.2 Å². The first kappa shape index (κ1) is 14.7. The second kappa shape index (κ2) is 6.19. The van der Waals surface area contributed by atoms with Gasteiger partial charge in [0.15, 0.2) is 0 Å². The van der Waals surface area contributed by atoms with Gasteiger partial charge in [-0.2, -0.15) is 0 Å². The van der Waals surface area contributed by atoms with Crippen molar-refractivity contribution < 1.29 is 14.0 Å². The summed E-state index contributed by atoms with van der Waals surface area (Å²) in [5, 5.41) is 6.20. The molecule has 4 nitrogen and oxygen atoms in total. The summed E-state index contributed by atoms with van der Waals surface area (Å²) in [6.07, 6.45) is 0. The molecule has 2 aromatic rings. The Bertz CT molecular complexity index is 672. The highest BCUT2D eigenvalue weighted by atomic mass is 35.5. The van der Waals surface area contributed by atoms with E-state index in [4.69, 9.17) is 11.6 Å². The van der Waals surface area contributed by atoms with Crippen LogP contribution in [-0.2, 0) is 4.79 Å². The van der Waals surface area contributed by atoms with Crippen molar-refractivity contribution in [3.05, 3.63) is 33.9 Å². The second-order valence-electron chi connectivity index (χ2n) is 4.12. The molecule has 0 unspecified atom stereocenters. The number of halogens is 2. The Morgan fingerprint density at radius 1 is 1.30 bits per heavy atom. The van der Waals surface area contributed by atoms with E-state index in [1.165, 1.54) is 19.1 Å². The van der Waals surface area contributed by atoms with Crippen molar-refractivity contribution in [2.45, 2.75) is 6.92 Å². The third kappa shape index (κ3) is 3.26. The summed E-state index contributed by atoms with van der Waals surface area (Å²) in [6, 6.07) is 4.21. The molecule has 0 aliphatic carbocycles. The third-order valence-electron chi connectivity index (χ3n) is 2.58. The highest BCUT2D eigenvalue weighted by Crippen LogP contribution is 2.35. The molecule has 2 amide bonds. The van der Waals surface area contributed by atoms with Crippen LogP contribution in [0.3, 0.4) is 0 Å². The van der Waals surface area contributed by atoms with Crippen LogP contribution in [0.5, 0.6) is 0 Å². The molecule has 2 rings (SSSR count). The molecular formula is C13H12ClFN2O2S. The molecule has 0 atom stereocenters. The number of rotatable bonds is 4. The Balaban J connectivity index is 2.10. The van der Waals surface area contributed by atoms with Crippen molar-refractivity contribution in [2.75, 3.05) is 13.1 Å². The quantitative estimate of drug-likeness (QED) is 0.852.